The first-order chi connectivity index (χ1) is 5.61. The first kappa shape index (κ1) is 8.06. The second kappa shape index (κ2) is 2.46. The van der Waals surface area contributed by atoms with Gasteiger partial charge in [-0.15, -0.1) is 0 Å². The van der Waals surface area contributed by atoms with E-state index in [9.17, 15) is 0 Å². The molecular formula is C8H5B2ClO. The predicted molar refractivity (Wildman–Crippen MR) is 50.1 cm³/mol. The summed E-state index contributed by atoms with van der Waals surface area (Å²) in [5, 5.41) is -0.372. The van der Waals surface area contributed by atoms with Crippen molar-refractivity contribution in [2.45, 2.75) is 5.21 Å². The third-order valence-corrected chi connectivity index (χ3v) is 2.22. The monoisotopic (exact) mass is 174 g/mol. The summed E-state index contributed by atoms with van der Waals surface area (Å²) >= 11 is 5.91. The molecule has 0 fully saturated rings. The van der Waals surface area contributed by atoms with Crippen molar-refractivity contribution in [2.75, 3.05) is 6.61 Å². The quantitative estimate of drug-likeness (QED) is 0.537. The highest BCUT2D eigenvalue weighted by molar-refractivity contribution is 6.43. The fraction of sp³-hybridized carbons (Fsp3) is 0.250. The van der Waals surface area contributed by atoms with E-state index in [0.717, 1.165) is 0 Å². The third-order valence-electron chi connectivity index (χ3n) is 1.91. The summed E-state index contributed by atoms with van der Waals surface area (Å²) in [4.78, 5) is 0. The minimum absolute atomic E-state index is 0.284. The molecule has 0 atom stereocenters. The maximum Gasteiger partial charge on any atom is 0.123 e. The van der Waals surface area contributed by atoms with Crippen molar-refractivity contribution in [1.29, 1.82) is 0 Å². The van der Waals surface area contributed by atoms with Crippen LogP contribution >= 0.6 is 11.6 Å². The molecule has 4 heteroatoms. The molecule has 1 aliphatic rings. The number of ether oxygens (including phenoxy) is 1. The SMILES string of the molecule is [B]C1([B])COc2cccc(Cl)c21. The van der Waals surface area contributed by atoms with Crippen molar-refractivity contribution in [3.8, 4) is 5.75 Å². The fourth-order valence-electron chi connectivity index (χ4n) is 1.35. The van der Waals surface area contributed by atoms with Crippen LogP contribution in [0.15, 0.2) is 18.2 Å². The van der Waals surface area contributed by atoms with Crippen LogP contribution in [0.4, 0.5) is 0 Å². The Hall–Kier alpha value is -0.560. The smallest absolute Gasteiger partial charge is 0.123 e. The van der Waals surface area contributed by atoms with E-state index in [0.29, 0.717) is 16.3 Å². The van der Waals surface area contributed by atoms with Crippen LogP contribution in [0.3, 0.4) is 0 Å². The van der Waals surface area contributed by atoms with E-state index in [-0.39, 0.29) is 6.61 Å². The Labute approximate surface area is 78.9 Å². The average molecular weight is 174 g/mol. The minimum atomic E-state index is -0.937. The Morgan fingerprint density at radius 3 is 2.83 bits per heavy atom. The Kier molecular flexibility index (Phi) is 1.65. The van der Waals surface area contributed by atoms with Gasteiger partial charge in [0.25, 0.3) is 0 Å². The van der Waals surface area contributed by atoms with Gasteiger partial charge in [-0.3, -0.25) is 0 Å². The van der Waals surface area contributed by atoms with Gasteiger partial charge in [-0.05, 0) is 17.3 Å². The number of halogens is 1. The molecule has 1 nitrogen and oxygen atoms in total. The van der Waals surface area contributed by atoms with Crippen molar-refractivity contribution in [1.82, 2.24) is 0 Å². The van der Waals surface area contributed by atoms with Gasteiger partial charge in [0.1, 0.15) is 5.75 Å². The van der Waals surface area contributed by atoms with Crippen molar-refractivity contribution >= 4 is 27.3 Å². The van der Waals surface area contributed by atoms with E-state index in [1.165, 1.54) is 0 Å². The molecule has 0 N–H and O–H groups in total. The van der Waals surface area contributed by atoms with Crippen LogP contribution in [0.1, 0.15) is 5.56 Å². The Balaban J connectivity index is 2.64. The van der Waals surface area contributed by atoms with Crippen LogP contribution in [-0.2, 0) is 5.21 Å². The summed E-state index contributed by atoms with van der Waals surface area (Å²) in [5.41, 5.74) is 0.701. The number of hydrogen-bond donors (Lipinski definition) is 0. The lowest BCUT2D eigenvalue weighted by Crippen LogP contribution is -2.28. The molecule has 4 radical (unpaired) electrons. The Bertz CT molecular complexity index is 325. The standard InChI is InChI=1S/C8H5B2ClO/c9-8(10)4-12-6-3-1-2-5(11)7(6)8/h1-3H,4H2. The summed E-state index contributed by atoms with van der Waals surface area (Å²) in [6.45, 7) is 0.284. The largest absolute Gasteiger partial charge is 0.494 e. The van der Waals surface area contributed by atoms with E-state index < -0.39 is 5.21 Å². The number of benzene rings is 1. The van der Waals surface area contributed by atoms with Crippen LogP contribution in [0.25, 0.3) is 0 Å². The summed E-state index contributed by atoms with van der Waals surface area (Å²) in [7, 11) is 11.5. The van der Waals surface area contributed by atoms with Crippen LogP contribution < -0.4 is 4.74 Å². The average Bonchev–Trinajstić information content (AvgIpc) is 2.29. The molecule has 0 amide bonds. The highest BCUT2D eigenvalue weighted by Crippen LogP contribution is 2.39. The zero-order valence-corrected chi connectivity index (χ0v) is 7.14. The second-order valence-corrected chi connectivity index (χ2v) is 3.35. The fourth-order valence-corrected chi connectivity index (χ4v) is 1.69. The van der Waals surface area contributed by atoms with Gasteiger partial charge >= 0.3 is 0 Å². The number of rotatable bonds is 0. The topological polar surface area (TPSA) is 9.23 Å². The molecule has 0 saturated carbocycles. The van der Waals surface area contributed by atoms with Gasteiger partial charge in [0.15, 0.2) is 0 Å². The maximum absolute atomic E-state index is 5.91. The number of hydrogen-bond acceptors (Lipinski definition) is 1. The van der Waals surface area contributed by atoms with Crippen molar-refractivity contribution in [2.24, 2.45) is 0 Å². The zero-order chi connectivity index (χ0) is 8.77. The van der Waals surface area contributed by atoms with Crippen LogP contribution in [0.2, 0.25) is 5.02 Å². The molecule has 0 aromatic heterocycles. The van der Waals surface area contributed by atoms with Gasteiger partial charge in [-0.2, -0.15) is 0 Å². The molecule has 1 aliphatic heterocycles. The molecule has 1 aromatic rings. The summed E-state index contributed by atoms with van der Waals surface area (Å²) < 4.78 is 5.26. The molecule has 0 saturated heterocycles. The molecule has 2 rings (SSSR count). The highest BCUT2D eigenvalue weighted by atomic mass is 35.5. The molecule has 1 heterocycles. The van der Waals surface area contributed by atoms with Crippen molar-refractivity contribution < 1.29 is 4.74 Å². The lowest BCUT2D eigenvalue weighted by molar-refractivity contribution is 0.343. The lowest BCUT2D eigenvalue weighted by Gasteiger charge is -2.16. The normalized spacial score (nSPS) is 18.4. The van der Waals surface area contributed by atoms with Gasteiger partial charge in [0.05, 0.1) is 22.3 Å². The summed E-state index contributed by atoms with van der Waals surface area (Å²) in [6.07, 6.45) is 0. The summed E-state index contributed by atoms with van der Waals surface area (Å²) in [6, 6.07) is 5.37. The van der Waals surface area contributed by atoms with Crippen LogP contribution in [0.5, 0.6) is 5.75 Å². The van der Waals surface area contributed by atoms with Gasteiger partial charge in [0.2, 0.25) is 0 Å². The maximum atomic E-state index is 5.91. The predicted octanol–water partition coefficient (Wildman–Crippen LogP) is 1.22. The van der Waals surface area contributed by atoms with Crippen molar-refractivity contribution in [3.05, 3.63) is 28.8 Å². The van der Waals surface area contributed by atoms with E-state index in [1.54, 1.807) is 6.07 Å². The van der Waals surface area contributed by atoms with E-state index in [2.05, 4.69) is 0 Å². The van der Waals surface area contributed by atoms with Gasteiger partial charge < -0.3 is 4.74 Å². The molecule has 0 unspecified atom stereocenters. The number of fused-ring (bicyclic) bond motifs is 1. The van der Waals surface area contributed by atoms with E-state index in [4.69, 9.17) is 32.0 Å². The third kappa shape index (κ3) is 1.04. The molecule has 0 aliphatic carbocycles. The zero-order valence-electron chi connectivity index (χ0n) is 6.38. The molecule has 56 valence electrons. The molecule has 0 spiro atoms. The van der Waals surface area contributed by atoms with Gasteiger partial charge in [-0.1, -0.05) is 17.7 Å². The lowest BCUT2D eigenvalue weighted by atomic mass is 9.52. The first-order valence-corrected chi connectivity index (χ1v) is 3.98. The first-order valence-electron chi connectivity index (χ1n) is 3.61. The Morgan fingerprint density at radius 2 is 2.17 bits per heavy atom. The Morgan fingerprint density at radius 1 is 1.42 bits per heavy atom. The minimum Gasteiger partial charge on any atom is -0.494 e. The van der Waals surface area contributed by atoms with Gasteiger partial charge in [-0.25, -0.2) is 0 Å². The molecule has 0 bridgehead atoms. The molecular weight excluding hydrogens is 169 g/mol. The molecule has 12 heavy (non-hydrogen) atoms. The second-order valence-electron chi connectivity index (χ2n) is 2.94. The van der Waals surface area contributed by atoms with E-state index in [1.807, 2.05) is 12.1 Å². The highest BCUT2D eigenvalue weighted by Gasteiger charge is 2.32. The van der Waals surface area contributed by atoms with Crippen LogP contribution in [-0.4, -0.2) is 22.3 Å². The summed E-state index contributed by atoms with van der Waals surface area (Å²) in [5.74, 6) is 0.688. The van der Waals surface area contributed by atoms with E-state index >= 15 is 0 Å². The van der Waals surface area contributed by atoms with Crippen LogP contribution in [0, 0.1) is 0 Å². The molecule has 1 aromatic carbocycles. The van der Waals surface area contributed by atoms with Crippen molar-refractivity contribution in [3.63, 3.8) is 0 Å². The van der Waals surface area contributed by atoms with Gasteiger partial charge in [0, 0.05) is 10.6 Å².